The summed E-state index contributed by atoms with van der Waals surface area (Å²) in [6.45, 7) is 2.29. The standard InChI is InChI=1S/C17H19N3O6/c21-16(11-1-2-11)18-3-5-19(6-4-18)17(22)12-9-14-15(26-8-7-25-14)10-13(12)20(23)24/h9-11H,1-8H2. The van der Waals surface area contributed by atoms with Crippen molar-refractivity contribution in [2.24, 2.45) is 5.92 Å². The normalized spacial score (nSPS) is 19.2. The molecule has 2 fully saturated rings. The molecular formula is C17H19N3O6. The monoisotopic (exact) mass is 361 g/mol. The first kappa shape index (κ1) is 16.6. The first-order chi connectivity index (χ1) is 12.5. The van der Waals surface area contributed by atoms with E-state index in [0.29, 0.717) is 45.1 Å². The van der Waals surface area contributed by atoms with Gasteiger partial charge in [-0.25, -0.2) is 0 Å². The van der Waals surface area contributed by atoms with Gasteiger partial charge in [-0.05, 0) is 12.8 Å². The lowest BCUT2D eigenvalue weighted by Gasteiger charge is -2.35. The molecule has 0 aromatic heterocycles. The lowest BCUT2D eigenvalue weighted by Crippen LogP contribution is -2.51. The van der Waals surface area contributed by atoms with Crippen LogP contribution in [-0.4, -0.2) is 65.9 Å². The average Bonchev–Trinajstić information content (AvgIpc) is 3.51. The Kier molecular flexibility index (Phi) is 4.14. The highest BCUT2D eigenvalue weighted by atomic mass is 16.6. The Hall–Kier alpha value is -2.84. The molecule has 1 saturated carbocycles. The van der Waals surface area contributed by atoms with Gasteiger partial charge in [0.05, 0.1) is 11.0 Å². The zero-order valence-electron chi connectivity index (χ0n) is 14.2. The Morgan fingerprint density at radius 1 is 1.00 bits per heavy atom. The number of ether oxygens (including phenoxy) is 2. The molecule has 3 aliphatic rings. The van der Waals surface area contributed by atoms with E-state index in [0.717, 1.165) is 12.8 Å². The molecule has 1 aromatic carbocycles. The highest BCUT2D eigenvalue weighted by Gasteiger charge is 2.36. The first-order valence-electron chi connectivity index (χ1n) is 8.70. The molecule has 2 amide bonds. The van der Waals surface area contributed by atoms with Crippen LogP contribution in [0.5, 0.6) is 11.5 Å². The summed E-state index contributed by atoms with van der Waals surface area (Å²) in [4.78, 5) is 39.1. The van der Waals surface area contributed by atoms with Gasteiger partial charge < -0.3 is 19.3 Å². The highest BCUT2D eigenvalue weighted by Crippen LogP contribution is 2.37. The number of fused-ring (bicyclic) bond motifs is 1. The number of nitro benzene ring substituents is 1. The number of nitro groups is 1. The number of rotatable bonds is 3. The van der Waals surface area contributed by atoms with Gasteiger partial charge in [0.1, 0.15) is 18.8 Å². The topological polar surface area (TPSA) is 102 Å². The molecule has 1 aromatic rings. The quantitative estimate of drug-likeness (QED) is 0.589. The second kappa shape index (κ2) is 6.47. The Morgan fingerprint density at radius 3 is 2.15 bits per heavy atom. The molecule has 0 unspecified atom stereocenters. The van der Waals surface area contributed by atoms with Crippen LogP contribution < -0.4 is 9.47 Å². The summed E-state index contributed by atoms with van der Waals surface area (Å²) in [6, 6.07) is 2.63. The minimum atomic E-state index is -0.585. The van der Waals surface area contributed by atoms with Crippen molar-refractivity contribution in [3.63, 3.8) is 0 Å². The third-order valence-corrected chi connectivity index (χ3v) is 4.89. The molecular weight excluding hydrogens is 342 g/mol. The van der Waals surface area contributed by atoms with E-state index in [1.54, 1.807) is 9.80 Å². The van der Waals surface area contributed by atoms with Crippen LogP contribution in [0.25, 0.3) is 0 Å². The summed E-state index contributed by atoms with van der Waals surface area (Å²) >= 11 is 0. The summed E-state index contributed by atoms with van der Waals surface area (Å²) in [6.07, 6.45) is 1.89. The molecule has 4 rings (SSSR count). The van der Waals surface area contributed by atoms with Crippen molar-refractivity contribution in [2.75, 3.05) is 39.4 Å². The number of hydrogen-bond donors (Lipinski definition) is 0. The van der Waals surface area contributed by atoms with E-state index in [9.17, 15) is 19.7 Å². The number of amides is 2. The van der Waals surface area contributed by atoms with Gasteiger partial charge in [-0.2, -0.15) is 0 Å². The fraction of sp³-hybridized carbons (Fsp3) is 0.529. The Morgan fingerprint density at radius 2 is 1.58 bits per heavy atom. The maximum atomic E-state index is 12.9. The predicted octanol–water partition coefficient (Wildman–Crippen LogP) is 1.06. The molecule has 2 heterocycles. The zero-order chi connectivity index (χ0) is 18.3. The van der Waals surface area contributed by atoms with E-state index in [-0.39, 0.29) is 28.8 Å². The van der Waals surface area contributed by atoms with Crippen LogP contribution in [0.1, 0.15) is 23.2 Å². The van der Waals surface area contributed by atoms with Crippen LogP contribution in [0.15, 0.2) is 12.1 Å². The molecule has 0 spiro atoms. The summed E-state index contributed by atoms with van der Waals surface area (Å²) in [5, 5.41) is 11.4. The number of hydrogen-bond acceptors (Lipinski definition) is 6. The fourth-order valence-corrected chi connectivity index (χ4v) is 3.29. The predicted molar refractivity (Wildman–Crippen MR) is 89.3 cm³/mol. The van der Waals surface area contributed by atoms with Crippen molar-refractivity contribution in [3.8, 4) is 11.5 Å². The highest BCUT2D eigenvalue weighted by molar-refractivity contribution is 5.99. The third kappa shape index (κ3) is 3.04. The van der Waals surface area contributed by atoms with Crippen LogP contribution >= 0.6 is 0 Å². The molecule has 0 bridgehead atoms. The van der Waals surface area contributed by atoms with Crippen LogP contribution in [0.3, 0.4) is 0 Å². The summed E-state index contributed by atoms with van der Waals surface area (Å²) in [7, 11) is 0. The molecule has 9 heteroatoms. The molecule has 1 aliphatic carbocycles. The van der Waals surface area contributed by atoms with Gasteiger partial charge in [0.2, 0.25) is 5.91 Å². The molecule has 2 aliphatic heterocycles. The van der Waals surface area contributed by atoms with E-state index in [1.165, 1.54) is 12.1 Å². The van der Waals surface area contributed by atoms with Crippen LogP contribution in [0, 0.1) is 16.0 Å². The second-order valence-electron chi connectivity index (χ2n) is 6.66. The molecule has 0 atom stereocenters. The number of benzene rings is 1. The largest absolute Gasteiger partial charge is 0.486 e. The Labute approximate surface area is 149 Å². The minimum absolute atomic E-state index is 0.0128. The number of carbonyl (C=O) groups excluding carboxylic acids is 2. The third-order valence-electron chi connectivity index (χ3n) is 4.89. The van der Waals surface area contributed by atoms with E-state index >= 15 is 0 Å². The Bertz CT molecular complexity index is 768. The van der Waals surface area contributed by atoms with E-state index in [2.05, 4.69) is 0 Å². The average molecular weight is 361 g/mol. The van der Waals surface area contributed by atoms with Gasteiger partial charge in [-0.1, -0.05) is 0 Å². The molecule has 0 radical (unpaired) electrons. The van der Waals surface area contributed by atoms with Gasteiger partial charge in [0.15, 0.2) is 11.5 Å². The first-order valence-corrected chi connectivity index (χ1v) is 8.70. The maximum absolute atomic E-state index is 12.9. The second-order valence-corrected chi connectivity index (χ2v) is 6.66. The summed E-state index contributed by atoms with van der Waals surface area (Å²) in [5.74, 6) is 0.498. The Balaban J connectivity index is 1.52. The number of carbonyl (C=O) groups is 2. The number of piperazine rings is 1. The van der Waals surface area contributed by atoms with Gasteiger partial charge in [-0.3, -0.25) is 19.7 Å². The van der Waals surface area contributed by atoms with Crippen molar-refractivity contribution < 1.29 is 24.0 Å². The van der Waals surface area contributed by atoms with Crippen LogP contribution in [-0.2, 0) is 4.79 Å². The summed E-state index contributed by atoms with van der Waals surface area (Å²) < 4.78 is 10.8. The van der Waals surface area contributed by atoms with E-state index in [1.807, 2.05) is 0 Å². The van der Waals surface area contributed by atoms with Crippen molar-refractivity contribution in [2.45, 2.75) is 12.8 Å². The minimum Gasteiger partial charge on any atom is -0.486 e. The van der Waals surface area contributed by atoms with E-state index in [4.69, 9.17) is 9.47 Å². The lowest BCUT2D eigenvalue weighted by atomic mass is 10.1. The van der Waals surface area contributed by atoms with Crippen LogP contribution in [0.2, 0.25) is 0 Å². The van der Waals surface area contributed by atoms with Crippen molar-refractivity contribution >= 4 is 17.5 Å². The molecule has 1 saturated heterocycles. The molecule has 0 N–H and O–H groups in total. The fourth-order valence-electron chi connectivity index (χ4n) is 3.29. The van der Waals surface area contributed by atoms with E-state index < -0.39 is 10.8 Å². The van der Waals surface area contributed by atoms with Gasteiger partial charge >= 0.3 is 0 Å². The lowest BCUT2D eigenvalue weighted by molar-refractivity contribution is -0.385. The maximum Gasteiger partial charge on any atom is 0.286 e. The molecule has 138 valence electrons. The number of nitrogens with zero attached hydrogens (tertiary/aromatic N) is 3. The van der Waals surface area contributed by atoms with Crippen molar-refractivity contribution in [1.29, 1.82) is 0 Å². The van der Waals surface area contributed by atoms with Gasteiger partial charge in [0, 0.05) is 38.2 Å². The molecule has 26 heavy (non-hydrogen) atoms. The van der Waals surface area contributed by atoms with Crippen molar-refractivity contribution in [3.05, 3.63) is 27.8 Å². The van der Waals surface area contributed by atoms with Gasteiger partial charge in [-0.15, -0.1) is 0 Å². The molecule has 9 nitrogen and oxygen atoms in total. The zero-order valence-corrected chi connectivity index (χ0v) is 14.2. The SMILES string of the molecule is O=C(c1cc2c(cc1[N+](=O)[O-])OCCO2)N1CCN(C(=O)C2CC2)CC1. The van der Waals surface area contributed by atoms with Crippen LogP contribution in [0.4, 0.5) is 5.69 Å². The van der Waals surface area contributed by atoms with Gasteiger partial charge in [0.25, 0.3) is 11.6 Å². The smallest absolute Gasteiger partial charge is 0.286 e. The summed E-state index contributed by atoms with van der Waals surface area (Å²) in [5.41, 5.74) is -0.308. The van der Waals surface area contributed by atoms with Crippen molar-refractivity contribution in [1.82, 2.24) is 9.80 Å².